The van der Waals surface area contributed by atoms with Crippen LogP contribution in [-0.4, -0.2) is 31.9 Å². The normalized spacial score (nSPS) is 10.8. The summed E-state index contributed by atoms with van der Waals surface area (Å²) in [6.07, 6.45) is 3.29. The molecule has 0 aliphatic rings. The highest BCUT2D eigenvalue weighted by molar-refractivity contribution is 7.99. The molecule has 28 heavy (non-hydrogen) atoms. The molecule has 0 aliphatic heterocycles. The van der Waals surface area contributed by atoms with Crippen molar-refractivity contribution in [2.45, 2.75) is 31.3 Å². The first-order valence-corrected chi connectivity index (χ1v) is 9.80. The number of benzene rings is 2. The van der Waals surface area contributed by atoms with Crippen molar-refractivity contribution in [3.05, 3.63) is 59.7 Å². The van der Waals surface area contributed by atoms with Crippen LogP contribution >= 0.6 is 11.8 Å². The monoisotopic (exact) mass is 403 g/mol. The van der Waals surface area contributed by atoms with E-state index in [-0.39, 0.29) is 11.4 Å². The molecule has 3 rings (SSSR count). The van der Waals surface area contributed by atoms with E-state index in [1.807, 2.05) is 24.3 Å². The fourth-order valence-electron chi connectivity index (χ4n) is 2.53. The van der Waals surface area contributed by atoms with Gasteiger partial charge in [-0.05, 0) is 53.1 Å². The smallest absolute Gasteiger partial charge is 0.234 e. The number of hydrogen-bond donors (Lipinski definition) is 1. The number of nitrogens with zero attached hydrogens (tertiary/aromatic N) is 4. The molecule has 146 valence electrons. The fraction of sp³-hybridized carbons (Fsp3) is 0.263. The second-order valence-electron chi connectivity index (χ2n) is 6.10. The lowest BCUT2D eigenvalue weighted by atomic mass is 10.1. The Morgan fingerprint density at radius 3 is 2.71 bits per heavy atom. The summed E-state index contributed by atoms with van der Waals surface area (Å²) in [6, 6.07) is 10.8. The first kappa shape index (κ1) is 19.9. The van der Waals surface area contributed by atoms with Crippen LogP contribution in [0.1, 0.15) is 25.3 Å². The zero-order chi connectivity index (χ0) is 19.9. The number of carbonyl (C=O) groups is 1. The second-order valence-corrected chi connectivity index (χ2v) is 7.05. The van der Waals surface area contributed by atoms with Crippen molar-refractivity contribution in [2.24, 2.45) is 0 Å². The first-order chi connectivity index (χ1) is 13.6. The predicted molar refractivity (Wildman–Crippen MR) is 103 cm³/mol. The lowest BCUT2D eigenvalue weighted by Gasteiger charge is -2.07. The third-order valence-corrected chi connectivity index (χ3v) is 4.89. The maximum Gasteiger partial charge on any atom is 0.234 e. The topological polar surface area (TPSA) is 72.7 Å². The maximum absolute atomic E-state index is 13.6. The van der Waals surface area contributed by atoms with E-state index < -0.39 is 17.5 Å². The summed E-state index contributed by atoms with van der Waals surface area (Å²) in [5.41, 5.74) is 1.82. The van der Waals surface area contributed by atoms with E-state index in [0.29, 0.717) is 5.16 Å². The Balaban J connectivity index is 1.62. The Hall–Kier alpha value is -2.81. The number of rotatable bonds is 8. The van der Waals surface area contributed by atoms with Crippen LogP contribution in [0.2, 0.25) is 0 Å². The maximum atomic E-state index is 13.6. The largest absolute Gasteiger partial charge is 0.323 e. The van der Waals surface area contributed by atoms with E-state index in [1.54, 1.807) is 0 Å². The van der Waals surface area contributed by atoms with Crippen molar-refractivity contribution in [3.8, 4) is 5.69 Å². The molecule has 9 heteroatoms. The molecule has 0 unspecified atom stereocenters. The Kier molecular flexibility index (Phi) is 6.70. The molecule has 0 spiro atoms. The highest BCUT2D eigenvalue weighted by atomic mass is 32.2. The Bertz CT molecular complexity index is 946. The van der Waals surface area contributed by atoms with Crippen molar-refractivity contribution in [1.29, 1.82) is 0 Å². The van der Waals surface area contributed by atoms with Crippen LogP contribution in [0.3, 0.4) is 0 Å². The molecule has 1 amide bonds. The summed E-state index contributed by atoms with van der Waals surface area (Å²) in [5.74, 6) is -1.87. The van der Waals surface area contributed by atoms with Crippen molar-refractivity contribution >= 4 is 23.4 Å². The average Bonchev–Trinajstić information content (AvgIpc) is 3.16. The summed E-state index contributed by atoms with van der Waals surface area (Å²) in [5, 5.41) is 14.3. The van der Waals surface area contributed by atoms with E-state index in [0.717, 1.165) is 54.9 Å². The fourth-order valence-corrected chi connectivity index (χ4v) is 3.22. The van der Waals surface area contributed by atoms with Gasteiger partial charge in [-0.25, -0.2) is 8.78 Å². The van der Waals surface area contributed by atoms with Crippen LogP contribution in [-0.2, 0) is 11.2 Å². The highest BCUT2D eigenvalue weighted by Gasteiger charge is 2.13. The zero-order valence-corrected chi connectivity index (χ0v) is 16.0. The van der Waals surface area contributed by atoms with Crippen molar-refractivity contribution in [3.63, 3.8) is 0 Å². The number of aromatic nitrogens is 4. The number of anilines is 1. The van der Waals surface area contributed by atoms with Crippen LogP contribution in [0.25, 0.3) is 5.69 Å². The molecular formula is C19H19F2N5OS. The Labute approximate surface area is 165 Å². The Morgan fingerprint density at radius 2 is 1.96 bits per heavy atom. The number of aryl methyl sites for hydroxylation is 1. The summed E-state index contributed by atoms with van der Waals surface area (Å²) < 4.78 is 28.3. The summed E-state index contributed by atoms with van der Waals surface area (Å²) in [7, 11) is 0. The predicted octanol–water partition coefficient (Wildman–Crippen LogP) is 4.01. The molecular weight excluding hydrogens is 384 g/mol. The molecule has 1 N–H and O–H groups in total. The number of nitrogens with one attached hydrogen (secondary N) is 1. The lowest BCUT2D eigenvalue weighted by molar-refractivity contribution is -0.113. The van der Waals surface area contributed by atoms with E-state index in [4.69, 9.17) is 0 Å². The molecule has 0 saturated heterocycles. The first-order valence-electron chi connectivity index (χ1n) is 8.82. The van der Waals surface area contributed by atoms with Gasteiger partial charge in [-0.2, -0.15) is 4.68 Å². The van der Waals surface area contributed by atoms with Crippen LogP contribution < -0.4 is 5.32 Å². The number of halogens is 2. The van der Waals surface area contributed by atoms with Gasteiger partial charge in [0.1, 0.15) is 11.6 Å². The molecule has 6 nitrogen and oxygen atoms in total. The van der Waals surface area contributed by atoms with Gasteiger partial charge in [0.15, 0.2) is 0 Å². The number of amides is 1. The number of unbranched alkanes of at least 4 members (excludes halogenated alkanes) is 1. The number of thioether (sulfide) groups is 1. The van der Waals surface area contributed by atoms with Crippen LogP contribution in [0.5, 0.6) is 0 Å². The van der Waals surface area contributed by atoms with Gasteiger partial charge in [-0.3, -0.25) is 4.79 Å². The molecule has 0 fully saturated rings. The van der Waals surface area contributed by atoms with E-state index in [2.05, 4.69) is 27.8 Å². The Morgan fingerprint density at radius 1 is 1.18 bits per heavy atom. The molecule has 1 aromatic heterocycles. The SMILES string of the molecule is CCCCc1ccc(-n2nnnc2SCC(=O)Nc2cc(F)ccc2F)cc1. The number of hydrogen-bond acceptors (Lipinski definition) is 5. The van der Waals surface area contributed by atoms with Gasteiger partial charge in [0.25, 0.3) is 0 Å². The van der Waals surface area contributed by atoms with E-state index >= 15 is 0 Å². The molecule has 3 aromatic rings. The van der Waals surface area contributed by atoms with Gasteiger partial charge in [0, 0.05) is 6.07 Å². The third kappa shape index (κ3) is 5.13. The minimum Gasteiger partial charge on any atom is -0.323 e. The summed E-state index contributed by atoms with van der Waals surface area (Å²) >= 11 is 1.10. The molecule has 0 bridgehead atoms. The minimum absolute atomic E-state index is 0.0507. The van der Waals surface area contributed by atoms with Crippen molar-refractivity contribution in [1.82, 2.24) is 20.2 Å². The highest BCUT2D eigenvalue weighted by Crippen LogP contribution is 2.20. The number of carbonyl (C=O) groups excluding carboxylic acids is 1. The molecule has 0 saturated carbocycles. The van der Waals surface area contributed by atoms with E-state index in [1.165, 1.54) is 10.2 Å². The third-order valence-electron chi connectivity index (χ3n) is 3.98. The number of tetrazole rings is 1. The quantitative estimate of drug-likeness (QED) is 0.575. The van der Waals surface area contributed by atoms with Crippen molar-refractivity contribution in [2.75, 3.05) is 11.1 Å². The molecule has 0 radical (unpaired) electrons. The van der Waals surface area contributed by atoms with Gasteiger partial charge < -0.3 is 5.32 Å². The van der Waals surface area contributed by atoms with Crippen LogP contribution in [0, 0.1) is 11.6 Å². The van der Waals surface area contributed by atoms with Gasteiger partial charge >= 0.3 is 0 Å². The van der Waals surface area contributed by atoms with Crippen molar-refractivity contribution < 1.29 is 13.6 Å². The second kappa shape index (κ2) is 9.41. The lowest BCUT2D eigenvalue weighted by Crippen LogP contribution is -2.15. The van der Waals surface area contributed by atoms with Crippen LogP contribution in [0.15, 0.2) is 47.6 Å². The van der Waals surface area contributed by atoms with Gasteiger partial charge in [0.2, 0.25) is 11.1 Å². The zero-order valence-electron chi connectivity index (χ0n) is 15.2. The summed E-state index contributed by atoms with van der Waals surface area (Å²) in [4.78, 5) is 12.1. The van der Waals surface area contributed by atoms with E-state index in [9.17, 15) is 13.6 Å². The standard InChI is InChI=1S/C19H19F2N5OS/c1-2-3-4-13-5-8-15(9-6-13)26-19(23-24-25-26)28-12-18(27)22-17-11-14(20)7-10-16(17)21/h5-11H,2-4,12H2,1H3,(H,22,27). The molecule has 0 aliphatic carbocycles. The summed E-state index contributed by atoms with van der Waals surface area (Å²) in [6.45, 7) is 2.15. The molecule has 2 aromatic carbocycles. The van der Waals surface area contributed by atoms with Gasteiger partial charge in [0.05, 0.1) is 17.1 Å². The minimum atomic E-state index is -0.701. The van der Waals surface area contributed by atoms with Gasteiger partial charge in [-0.1, -0.05) is 37.2 Å². The average molecular weight is 403 g/mol. The molecule has 1 heterocycles. The van der Waals surface area contributed by atoms with Crippen LogP contribution in [0.4, 0.5) is 14.5 Å². The molecule has 0 atom stereocenters. The van der Waals surface area contributed by atoms with Gasteiger partial charge in [-0.15, -0.1) is 5.10 Å².